The van der Waals surface area contributed by atoms with Gasteiger partial charge in [0.15, 0.2) is 12.2 Å². The summed E-state index contributed by atoms with van der Waals surface area (Å²) in [4.78, 5) is 3.97. The number of rotatable bonds is 4. The number of halogens is 2. The Morgan fingerprint density at radius 3 is 2.81 bits per heavy atom. The number of fused-ring (bicyclic) bond motifs is 1. The van der Waals surface area contributed by atoms with Crippen LogP contribution >= 0.6 is 15.9 Å². The lowest BCUT2D eigenvalue weighted by Gasteiger charge is -2.17. The van der Waals surface area contributed by atoms with E-state index in [0.29, 0.717) is 33.0 Å². The molecule has 8 nitrogen and oxygen atoms in total. The van der Waals surface area contributed by atoms with Gasteiger partial charge in [-0.05, 0) is 35.0 Å². The maximum atomic E-state index is 14.2. The van der Waals surface area contributed by atoms with Crippen molar-refractivity contribution in [2.24, 2.45) is 10.1 Å². The number of nitrogens with zero attached hydrogens (tertiary/aromatic N) is 7. The van der Waals surface area contributed by atoms with E-state index in [9.17, 15) is 4.39 Å². The van der Waals surface area contributed by atoms with Gasteiger partial charge in [0.1, 0.15) is 22.9 Å². The van der Waals surface area contributed by atoms with Gasteiger partial charge in [-0.3, -0.25) is 0 Å². The van der Waals surface area contributed by atoms with Crippen LogP contribution in [0.4, 0.5) is 4.39 Å². The van der Waals surface area contributed by atoms with Gasteiger partial charge in [-0.25, -0.2) is 8.91 Å². The van der Waals surface area contributed by atoms with Crippen molar-refractivity contribution in [2.75, 3.05) is 13.8 Å². The number of aromatic nitrogens is 4. The molecule has 1 atom stereocenters. The first-order valence-electron chi connectivity index (χ1n) is 7.71. The maximum Gasteiger partial charge on any atom is 0.255 e. The number of aryl methyl sites for hydroxylation is 1. The molecule has 0 saturated heterocycles. The molecular formula is C16H14BrFN7O+. The van der Waals surface area contributed by atoms with E-state index in [4.69, 9.17) is 4.74 Å². The Morgan fingerprint density at radius 2 is 2.08 bits per heavy atom. The Hall–Kier alpha value is -2.72. The normalized spacial score (nSPS) is 18.8. The van der Waals surface area contributed by atoms with Gasteiger partial charge in [0, 0.05) is 0 Å². The summed E-state index contributed by atoms with van der Waals surface area (Å²) in [7, 11) is 1.84. The summed E-state index contributed by atoms with van der Waals surface area (Å²) in [5.74, 6) is 0.234. The van der Waals surface area contributed by atoms with Gasteiger partial charge < -0.3 is 4.74 Å². The van der Waals surface area contributed by atoms with Gasteiger partial charge in [0.05, 0.1) is 11.3 Å². The van der Waals surface area contributed by atoms with Crippen molar-refractivity contribution in [1.82, 2.24) is 19.8 Å². The number of benzene rings is 1. The Bertz CT molecular complexity index is 1050. The van der Waals surface area contributed by atoms with Crippen molar-refractivity contribution in [2.45, 2.75) is 6.92 Å². The predicted molar refractivity (Wildman–Crippen MR) is 97.3 cm³/mol. The Labute approximate surface area is 156 Å². The van der Waals surface area contributed by atoms with Gasteiger partial charge in [-0.1, -0.05) is 17.2 Å². The molecule has 0 fully saturated rings. The number of hydrogen-bond donors (Lipinski definition) is 0. The predicted octanol–water partition coefficient (Wildman–Crippen LogP) is 2.77. The fraction of sp³-hybridized carbons (Fsp3) is 0.188. The molecular weight excluding hydrogens is 405 g/mol. The van der Waals surface area contributed by atoms with Crippen LogP contribution in [0.1, 0.15) is 5.69 Å². The van der Waals surface area contributed by atoms with Crippen molar-refractivity contribution >= 4 is 34.1 Å². The van der Waals surface area contributed by atoms with Crippen molar-refractivity contribution in [3.8, 4) is 17.3 Å². The molecule has 0 spiro atoms. The second-order valence-electron chi connectivity index (χ2n) is 5.95. The van der Waals surface area contributed by atoms with Gasteiger partial charge in [-0.2, -0.15) is 10.1 Å². The molecule has 26 heavy (non-hydrogen) atoms. The molecule has 132 valence electrons. The summed E-state index contributed by atoms with van der Waals surface area (Å²) in [6.07, 6.45) is 3.12. The minimum atomic E-state index is -0.401. The summed E-state index contributed by atoms with van der Waals surface area (Å²) < 4.78 is 22.4. The van der Waals surface area contributed by atoms with Crippen LogP contribution in [0.5, 0.6) is 5.88 Å². The average molecular weight is 419 g/mol. The molecule has 3 aromatic rings. The van der Waals surface area contributed by atoms with Crippen LogP contribution in [0.2, 0.25) is 0 Å². The van der Waals surface area contributed by atoms with Gasteiger partial charge in [0.2, 0.25) is 6.34 Å². The van der Waals surface area contributed by atoms with Crippen molar-refractivity contribution < 1.29 is 13.7 Å². The summed E-state index contributed by atoms with van der Waals surface area (Å²) in [5.41, 5.74) is 1.61. The minimum absolute atomic E-state index is 0.149. The zero-order valence-corrected chi connectivity index (χ0v) is 15.6. The highest BCUT2D eigenvalue weighted by Gasteiger charge is 2.26. The van der Waals surface area contributed by atoms with Crippen LogP contribution in [0.3, 0.4) is 0 Å². The van der Waals surface area contributed by atoms with Crippen LogP contribution in [0, 0.1) is 12.7 Å². The first kappa shape index (κ1) is 16.7. The van der Waals surface area contributed by atoms with E-state index in [-0.39, 0.29) is 11.3 Å². The van der Waals surface area contributed by atoms with Crippen LogP contribution in [-0.2, 0) is 0 Å². The van der Waals surface area contributed by atoms with E-state index in [0.717, 1.165) is 0 Å². The summed E-state index contributed by atoms with van der Waals surface area (Å²) >= 11 is 3.51. The Morgan fingerprint density at radius 1 is 1.27 bits per heavy atom. The minimum Gasteiger partial charge on any atom is -0.422 e. The highest BCUT2D eigenvalue weighted by atomic mass is 79.9. The number of ether oxygens (including phenoxy) is 1. The first-order chi connectivity index (χ1) is 12.5. The van der Waals surface area contributed by atoms with Crippen LogP contribution in [0.15, 0.2) is 38.8 Å². The smallest absolute Gasteiger partial charge is 0.255 e. The summed E-state index contributed by atoms with van der Waals surface area (Å²) in [6, 6.07) is 6.35. The monoisotopic (exact) mass is 418 g/mol. The first-order valence-corrected chi connectivity index (χ1v) is 8.51. The highest BCUT2D eigenvalue weighted by Crippen LogP contribution is 2.33. The average Bonchev–Trinajstić information content (AvgIpc) is 3.19. The SMILES string of the molecule is Cc1nnc(-c2ccccc2F)n2nc(OC[N+]3(C)C=NC=N3)c(Br)c12. The quantitative estimate of drug-likeness (QED) is 0.610. The highest BCUT2D eigenvalue weighted by molar-refractivity contribution is 9.10. The Balaban J connectivity index is 1.80. The molecule has 0 amide bonds. The zero-order chi connectivity index (χ0) is 18.3. The maximum absolute atomic E-state index is 14.2. The third-order valence-electron chi connectivity index (χ3n) is 3.91. The molecule has 1 aromatic carbocycles. The fourth-order valence-corrected chi connectivity index (χ4v) is 3.22. The Kier molecular flexibility index (Phi) is 4.00. The molecule has 0 aliphatic carbocycles. The number of hydrogen-bond acceptors (Lipinski definition) is 6. The molecule has 0 radical (unpaired) electrons. The summed E-state index contributed by atoms with van der Waals surface area (Å²) in [6.45, 7) is 2.01. The third kappa shape index (κ3) is 2.76. The molecule has 0 N–H and O–H groups in total. The van der Waals surface area contributed by atoms with Gasteiger partial charge in [-0.15, -0.1) is 14.8 Å². The number of quaternary nitrogens is 1. The molecule has 4 rings (SSSR count). The molecule has 2 aromatic heterocycles. The van der Waals surface area contributed by atoms with Crippen LogP contribution < -0.4 is 4.74 Å². The molecule has 1 unspecified atom stereocenters. The second-order valence-corrected chi connectivity index (χ2v) is 6.74. The van der Waals surface area contributed by atoms with Crippen molar-refractivity contribution in [1.29, 1.82) is 0 Å². The van der Waals surface area contributed by atoms with E-state index in [1.807, 2.05) is 7.05 Å². The molecule has 0 bridgehead atoms. The van der Waals surface area contributed by atoms with E-state index >= 15 is 0 Å². The van der Waals surface area contributed by atoms with E-state index < -0.39 is 5.82 Å². The van der Waals surface area contributed by atoms with Crippen LogP contribution in [0.25, 0.3) is 16.9 Å². The van der Waals surface area contributed by atoms with E-state index in [2.05, 4.69) is 41.3 Å². The van der Waals surface area contributed by atoms with Crippen LogP contribution in [-0.4, -0.2) is 50.9 Å². The molecule has 1 aliphatic heterocycles. The lowest BCUT2D eigenvalue weighted by Crippen LogP contribution is -2.38. The lowest BCUT2D eigenvalue weighted by molar-refractivity contribution is -0.836. The summed E-state index contributed by atoms with van der Waals surface area (Å²) in [5, 5.41) is 16.9. The van der Waals surface area contributed by atoms with Crippen molar-refractivity contribution in [3.05, 3.63) is 40.2 Å². The molecule has 10 heteroatoms. The lowest BCUT2D eigenvalue weighted by atomic mass is 10.2. The largest absolute Gasteiger partial charge is 0.422 e. The topological polar surface area (TPSA) is 77.0 Å². The van der Waals surface area contributed by atoms with E-state index in [1.54, 1.807) is 31.5 Å². The standard InChI is InChI=1S/C16H14BrFN7O/c1-10-14-13(17)16(26-9-25(2)8-19-7-20-25)23-24(14)15(22-21-10)11-5-3-4-6-12(11)18/h3-8H,9H2,1-2H3/q+1. The van der Waals surface area contributed by atoms with Gasteiger partial charge >= 0.3 is 0 Å². The zero-order valence-electron chi connectivity index (χ0n) is 14.0. The van der Waals surface area contributed by atoms with Crippen molar-refractivity contribution in [3.63, 3.8) is 0 Å². The number of aliphatic imine (C=N–C) groups is 1. The fourth-order valence-electron chi connectivity index (χ4n) is 2.57. The van der Waals surface area contributed by atoms with E-state index in [1.165, 1.54) is 16.9 Å². The second kappa shape index (κ2) is 6.22. The van der Waals surface area contributed by atoms with Gasteiger partial charge in [0.25, 0.3) is 12.6 Å². The molecule has 0 saturated carbocycles. The molecule has 3 heterocycles. The third-order valence-corrected chi connectivity index (χ3v) is 4.63. The molecule has 1 aliphatic rings.